The van der Waals surface area contributed by atoms with Crippen molar-refractivity contribution < 1.29 is 19.0 Å². The molecule has 31 heavy (non-hydrogen) atoms. The zero-order valence-corrected chi connectivity index (χ0v) is 18.8. The highest BCUT2D eigenvalue weighted by molar-refractivity contribution is 6.26. The third-order valence-electron chi connectivity index (χ3n) is 5.99. The molecule has 1 saturated heterocycles. The number of hydrogen-bond donors (Lipinski definition) is 0. The van der Waals surface area contributed by atoms with Crippen LogP contribution in [0.4, 0.5) is 0 Å². The fraction of sp³-hybridized carbons (Fsp3) is 0.391. The summed E-state index contributed by atoms with van der Waals surface area (Å²) < 4.78 is 18.5. The number of nitrogens with zero attached hydrogens (tertiary/aromatic N) is 3. The Balaban J connectivity index is 0.00000231. The molecular formula is C23H26ClN3O4. The predicted molar refractivity (Wildman–Crippen MR) is 121 cm³/mol. The van der Waals surface area contributed by atoms with Gasteiger partial charge in [0.15, 0.2) is 5.78 Å². The highest BCUT2D eigenvalue weighted by Crippen LogP contribution is 2.45. The van der Waals surface area contributed by atoms with Crippen molar-refractivity contribution in [3.05, 3.63) is 41.0 Å². The molecule has 164 valence electrons. The van der Waals surface area contributed by atoms with Crippen LogP contribution in [0, 0.1) is 6.92 Å². The summed E-state index contributed by atoms with van der Waals surface area (Å²) in [4.78, 5) is 15.8. The number of rotatable bonds is 5. The predicted octanol–water partition coefficient (Wildman–Crippen LogP) is 3.33. The van der Waals surface area contributed by atoms with E-state index in [0.29, 0.717) is 22.6 Å². The molecule has 2 aromatic carbocycles. The van der Waals surface area contributed by atoms with Gasteiger partial charge in [-0.3, -0.25) is 14.4 Å². The summed E-state index contributed by atoms with van der Waals surface area (Å²) >= 11 is 0. The lowest BCUT2D eigenvalue weighted by molar-refractivity contribution is 0.0361. The van der Waals surface area contributed by atoms with Crippen molar-refractivity contribution in [1.29, 1.82) is 0 Å². The molecule has 8 heteroatoms. The molecular weight excluding hydrogens is 418 g/mol. The Morgan fingerprint density at radius 2 is 1.81 bits per heavy atom. The molecule has 0 unspecified atom stereocenters. The number of carbonyl (C=O) groups excluding carboxylic acids is 1. The number of carbonyl (C=O) groups is 1. The number of morpholine rings is 1. The molecule has 0 radical (unpaired) electrons. The minimum Gasteiger partial charge on any atom is -0.497 e. The van der Waals surface area contributed by atoms with Gasteiger partial charge in [-0.25, -0.2) is 0 Å². The van der Waals surface area contributed by atoms with Gasteiger partial charge in [-0.05, 0) is 30.7 Å². The number of benzene rings is 2. The van der Waals surface area contributed by atoms with Crippen LogP contribution in [-0.4, -0.2) is 67.5 Å². The minimum absolute atomic E-state index is 0. The average molecular weight is 444 g/mol. The van der Waals surface area contributed by atoms with E-state index in [-0.39, 0.29) is 18.2 Å². The molecule has 2 aliphatic rings. The average Bonchev–Trinajstić information content (AvgIpc) is 3.14. The van der Waals surface area contributed by atoms with Crippen molar-refractivity contribution >= 4 is 29.1 Å². The highest BCUT2D eigenvalue weighted by Gasteiger charge is 2.32. The van der Waals surface area contributed by atoms with Crippen LogP contribution >= 0.6 is 12.4 Å². The first-order valence-corrected chi connectivity index (χ1v) is 10.2. The number of ether oxygens (including phenoxy) is 3. The first-order chi connectivity index (χ1) is 14.6. The SMILES string of the molecule is COc1cc(OC)c2c(c1)C(=O)c1cc(C)cc3c1c-2nn3CCN1CCOCC1.Cl. The van der Waals surface area contributed by atoms with E-state index >= 15 is 0 Å². The van der Waals surface area contributed by atoms with Crippen molar-refractivity contribution in [3.8, 4) is 22.8 Å². The number of methoxy groups -OCH3 is 2. The summed E-state index contributed by atoms with van der Waals surface area (Å²) in [7, 11) is 3.20. The molecule has 1 aliphatic carbocycles. The Hall–Kier alpha value is -2.61. The third kappa shape index (κ3) is 3.56. The molecule has 0 atom stereocenters. The van der Waals surface area contributed by atoms with E-state index in [4.69, 9.17) is 19.3 Å². The smallest absolute Gasteiger partial charge is 0.194 e. The standard InChI is InChI=1S/C23H25N3O4.ClH/c1-14-10-16-20-18(11-14)26(5-4-25-6-8-30-9-7-25)24-22(20)21-17(23(16)27)12-15(28-2)13-19(21)29-3;/h10-13H,4-9H2,1-3H3;1H. The van der Waals surface area contributed by atoms with Crippen molar-refractivity contribution in [3.63, 3.8) is 0 Å². The highest BCUT2D eigenvalue weighted by atomic mass is 35.5. The van der Waals surface area contributed by atoms with Crippen LogP contribution in [0.2, 0.25) is 0 Å². The number of aromatic nitrogens is 2. The summed E-state index contributed by atoms with van der Waals surface area (Å²) in [6, 6.07) is 7.66. The van der Waals surface area contributed by atoms with Crippen molar-refractivity contribution in [1.82, 2.24) is 14.7 Å². The summed E-state index contributed by atoms with van der Waals surface area (Å²) in [5.74, 6) is 1.18. The maximum atomic E-state index is 13.4. The lowest BCUT2D eigenvalue weighted by Gasteiger charge is -2.26. The zero-order chi connectivity index (χ0) is 20.8. The van der Waals surface area contributed by atoms with E-state index in [0.717, 1.165) is 67.1 Å². The molecule has 1 aromatic heterocycles. The van der Waals surface area contributed by atoms with Crippen LogP contribution in [0.15, 0.2) is 24.3 Å². The Morgan fingerprint density at radius 1 is 1.03 bits per heavy atom. The van der Waals surface area contributed by atoms with Crippen LogP contribution in [0.3, 0.4) is 0 Å². The molecule has 5 rings (SSSR count). The van der Waals surface area contributed by atoms with Gasteiger partial charge in [-0.2, -0.15) is 5.10 Å². The molecule has 1 fully saturated rings. The Kier molecular flexibility index (Phi) is 5.92. The molecule has 0 saturated carbocycles. The second-order valence-corrected chi connectivity index (χ2v) is 7.81. The van der Waals surface area contributed by atoms with E-state index in [9.17, 15) is 4.79 Å². The normalized spacial score (nSPS) is 15.5. The lowest BCUT2D eigenvalue weighted by Crippen LogP contribution is -2.38. The molecule has 3 aromatic rings. The number of aryl methyl sites for hydroxylation is 1. The fourth-order valence-electron chi connectivity index (χ4n) is 4.47. The quantitative estimate of drug-likeness (QED) is 0.471. The number of ketones is 1. The number of fused-ring (bicyclic) bond motifs is 2. The van der Waals surface area contributed by atoms with Gasteiger partial charge in [0.25, 0.3) is 0 Å². The summed E-state index contributed by atoms with van der Waals surface area (Å²) in [6.45, 7) is 7.08. The molecule has 0 N–H and O–H groups in total. The largest absolute Gasteiger partial charge is 0.497 e. The van der Waals surface area contributed by atoms with Crippen LogP contribution in [0.5, 0.6) is 11.5 Å². The first kappa shape index (κ1) is 21.6. The van der Waals surface area contributed by atoms with E-state index in [1.54, 1.807) is 20.3 Å². The molecule has 7 nitrogen and oxygen atoms in total. The summed E-state index contributed by atoms with van der Waals surface area (Å²) in [6.07, 6.45) is 0. The van der Waals surface area contributed by atoms with Gasteiger partial charge < -0.3 is 14.2 Å². The van der Waals surface area contributed by atoms with Crippen LogP contribution in [0.1, 0.15) is 21.5 Å². The maximum Gasteiger partial charge on any atom is 0.194 e. The molecule has 0 amide bonds. The van der Waals surface area contributed by atoms with E-state index in [1.165, 1.54) is 0 Å². The van der Waals surface area contributed by atoms with Gasteiger partial charge in [-0.1, -0.05) is 0 Å². The van der Waals surface area contributed by atoms with Crippen molar-refractivity contribution in [2.45, 2.75) is 13.5 Å². The zero-order valence-electron chi connectivity index (χ0n) is 17.9. The van der Waals surface area contributed by atoms with Gasteiger partial charge in [0, 0.05) is 42.2 Å². The lowest BCUT2D eigenvalue weighted by atomic mass is 9.86. The second kappa shape index (κ2) is 8.49. The van der Waals surface area contributed by atoms with E-state index in [1.807, 2.05) is 23.7 Å². The maximum absolute atomic E-state index is 13.4. The molecule has 1 aliphatic heterocycles. The number of hydrogen-bond acceptors (Lipinski definition) is 6. The molecule has 0 spiro atoms. The van der Waals surface area contributed by atoms with Crippen molar-refractivity contribution in [2.75, 3.05) is 47.1 Å². The van der Waals surface area contributed by atoms with Gasteiger partial charge in [0.05, 0.1) is 45.1 Å². The van der Waals surface area contributed by atoms with Gasteiger partial charge in [0.1, 0.15) is 17.2 Å². The van der Waals surface area contributed by atoms with Crippen LogP contribution in [-0.2, 0) is 11.3 Å². The fourth-order valence-corrected chi connectivity index (χ4v) is 4.47. The topological polar surface area (TPSA) is 65.8 Å². The summed E-state index contributed by atoms with van der Waals surface area (Å²) in [5, 5.41) is 5.88. The second-order valence-electron chi connectivity index (χ2n) is 7.81. The Bertz CT molecular complexity index is 1150. The first-order valence-electron chi connectivity index (χ1n) is 10.2. The van der Waals surface area contributed by atoms with E-state index in [2.05, 4.69) is 11.0 Å². The summed E-state index contributed by atoms with van der Waals surface area (Å²) in [5.41, 5.74) is 4.85. The minimum atomic E-state index is -0.0175. The molecule has 0 bridgehead atoms. The third-order valence-corrected chi connectivity index (χ3v) is 5.99. The van der Waals surface area contributed by atoms with Crippen molar-refractivity contribution in [2.24, 2.45) is 0 Å². The number of halogens is 1. The van der Waals surface area contributed by atoms with Crippen LogP contribution in [0.25, 0.3) is 22.2 Å². The monoisotopic (exact) mass is 443 g/mol. The molecule has 2 heterocycles. The van der Waals surface area contributed by atoms with E-state index < -0.39 is 0 Å². The Labute approximate surface area is 187 Å². The van der Waals surface area contributed by atoms with Gasteiger partial charge >= 0.3 is 0 Å². The Morgan fingerprint density at radius 3 is 2.52 bits per heavy atom. The van der Waals surface area contributed by atoms with Crippen LogP contribution < -0.4 is 9.47 Å². The van der Waals surface area contributed by atoms with Gasteiger partial charge in [0.2, 0.25) is 0 Å². The van der Waals surface area contributed by atoms with Gasteiger partial charge in [-0.15, -0.1) is 12.4 Å².